The molecule has 41 heavy (non-hydrogen) atoms. The van der Waals surface area contributed by atoms with Crippen LogP contribution in [0.5, 0.6) is 0 Å². The molecule has 2 aliphatic carbocycles. The van der Waals surface area contributed by atoms with Crippen LogP contribution >= 0.6 is 11.6 Å². The number of nitrogens with zero attached hydrogens (tertiary/aromatic N) is 2. The van der Waals surface area contributed by atoms with Gasteiger partial charge in [-0.25, -0.2) is 0 Å². The number of amidine groups is 1. The van der Waals surface area contributed by atoms with Gasteiger partial charge in [0.25, 0.3) is 11.8 Å². The summed E-state index contributed by atoms with van der Waals surface area (Å²) in [6.45, 7) is 6.91. The van der Waals surface area contributed by atoms with Crippen molar-refractivity contribution < 1.29 is 9.59 Å². The van der Waals surface area contributed by atoms with Gasteiger partial charge in [0.1, 0.15) is 17.2 Å². The first-order chi connectivity index (χ1) is 18.5. The largest absolute Gasteiger partial charge is 0.386 e. The number of carbonyl (C=O) groups is 2. The Balaban J connectivity index is 0.00000231. The van der Waals surface area contributed by atoms with E-state index in [0.29, 0.717) is 28.1 Å². The van der Waals surface area contributed by atoms with Crippen LogP contribution in [0.1, 0.15) is 94.2 Å². The molecule has 0 radical (unpaired) electrons. The normalized spacial score (nSPS) is 22.8. The standard InChI is InChI=1S/C31H38ClN5O2.CH4.H3N/c1-30(2,3)23-13-15-31(16-14-23)36-26(22-5-4-6-24(32)17-22)29(39)37(31)27(19-7-8-19)20-9-11-21(12-10-20)28(38)35-18-25(33)34;;/h4-6,9-12,17,19,23,27H,7-8,13-16,18H2,1-3H3,(H3,33,34)(H,35,38);1H4;1H3/t23?,27-,31?;;/m1../s1. The van der Waals surface area contributed by atoms with E-state index in [0.717, 1.165) is 49.7 Å². The molecule has 2 amide bonds. The van der Waals surface area contributed by atoms with Crippen molar-refractivity contribution in [1.29, 1.82) is 5.41 Å². The molecule has 3 aliphatic rings. The Kier molecular flexibility index (Phi) is 9.71. The van der Waals surface area contributed by atoms with Crippen LogP contribution in [-0.4, -0.2) is 40.5 Å². The van der Waals surface area contributed by atoms with Gasteiger partial charge >= 0.3 is 0 Å². The fraction of sp³-hybridized carbons (Fsp3) is 0.500. The van der Waals surface area contributed by atoms with Crippen LogP contribution in [0.25, 0.3) is 0 Å². The number of benzene rings is 2. The van der Waals surface area contributed by atoms with E-state index in [2.05, 4.69) is 31.0 Å². The van der Waals surface area contributed by atoms with Gasteiger partial charge in [-0.1, -0.05) is 64.1 Å². The van der Waals surface area contributed by atoms with Gasteiger partial charge in [-0.05, 0) is 85.6 Å². The molecule has 2 aromatic carbocycles. The first kappa shape index (κ1) is 32.3. The van der Waals surface area contributed by atoms with E-state index in [-0.39, 0.29) is 49.2 Å². The molecule has 9 heteroatoms. The average Bonchev–Trinajstić information content (AvgIpc) is 3.69. The van der Waals surface area contributed by atoms with Crippen molar-refractivity contribution in [2.45, 2.75) is 78.4 Å². The van der Waals surface area contributed by atoms with Crippen molar-refractivity contribution >= 4 is 35.0 Å². The molecule has 7 N–H and O–H groups in total. The van der Waals surface area contributed by atoms with Gasteiger partial charge in [0, 0.05) is 16.1 Å². The van der Waals surface area contributed by atoms with E-state index < -0.39 is 5.66 Å². The van der Waals surface area contributed by atoms with Gasteiger partial charge in [-0.2, -0.15) is 0 Å². The fourth-order valence-corrected chi connectivity index (χ4v) is 6.46. The second-order valence-electron chi connectivity index (χ2n) is 12.4. The Hall–Kier alpha value is -3.23. The zero-order chi connectivity index (χ0) is 27.9. The minimum Gasteiger partial charge on any atom is -0.386 e. The summed E-state index contributed by atoms with van der Waals surface area (Å²) in [4.78, 5) is 34.1. The van der Waals surface area contributed by atoms with Crippen LogP contribution in [0.3, 0.4) is 0 Å². The smallest absolute Gasteiger partial charge is 0.275 e. The summed E-state index contributed by atoms with van der Waals surface area (Å²) >= 11 is 6.32. The maximum atomic E-state index is 14.3. The number of nitrogens with two attached hydrogens (primary N) is 1. The Morgan fingerprint density at radius 3 is 2.32 bits per heavy atom. The number of hydrogen-bond donors (Lipinski definition) is 4. The third-order valence-corrected chi connectivity index (χ3v) is 8.83. The SMILES string of the molecule is C.CC(C)(C)C1CCC2(CC1)N=C(c1cccc(Cl)c1)C(=O)N2[C@@H](c1ccc(C(=O)NCC(=N)N)cc1)C1CC1.N. The second kappa shape index (κ2) is 12.3. The Morgan fingerprint density at radius 1 is 1.15 bits per heavy atom. The van der Waals surface area contributed by atoms with Crippen LogP contribution in [0.15, 0.2) is 53.5 Å². The molecule has 1 atom stereocenters. The van der Waals surface area contributed by atoms with Crippen molar-refractivity contribution in [1.82, 2.24) is 16.4 Å². The number of amides is 2. The summed E-state index contributed by atoms with van der Waals surface area (Å²) < 4.78 is 0. The first-order valence-electron chi connectivity index (χ1n) is 13.9. The quantitative estimate of drug-likeness (QED) is 0.218. The number of hydrogen-bond acceptors (Lipinski definition) is 5. The van der Waals surface area contributed by atoms with Crippen LogP contribution in [-0.2, 0) is 4.79 Å². The average molecular weight is 581 g/mol. The highest BCUT2D eigenvalue weighted by Crippen LogP contribution is 2.54. The maximum Gasteiger partial charge on any atom is 0.275 e. The molecular weight excluding hydrogens is 536 g/mol. The Labute approximate surface area is 249 Å². The summed E-state index contributed by atoms with van der Waals surface area (Å²) in [6, 6.07) is 14.8. The summed E-state index contributed by atoms with van der Waals surface area (Å²) in [7, 11) is 0. The lowest BCUT2D eigenvalue weighted by Crippen LogP contribution is -2.52. The van der Waals surface area contributed by atoms with Crippen molar-refractivity contribution in [3.05, 3.63) is 70.2 Å². The molecule has 2 saturated carbocycles. The predicted octanol–water partition coefficient (Wildman–Crippen LogP) is 6.52. The van der Waals surface area contributed by atoms with E-state index >= 15 is 0 Å². The second-order valence-corrected chi connectivity index (χ2v) is 12.8. The number of nitrogens with one attached hydrogen (secondary N) is 2. The zero-order valence-corrected chi connectivity index (χ0v) is 24.4. The number of halogens is 1. The molecule has 1 aliphatic heterocycles. The minimum atomic E-state index is -0.582. The van der Waals surface area contributed by atoms with Crippen molar-refractivity contribution in [2.75, 3.05) is 6.54 Å². The van der Waals surface area contributed by atoms with E-state index in [9.17, 15) is 9.59 Å². The number of rotatable bonds is 7. The highest BCUT2D eigenvalue weighted by molar-refractivity contribution is 6.47. The Morgan fingerprint density at radius 2 is 1.78 bits per heavy atom. The third-order valence-electron chi connectivity index (χ3n) is 8.60. The lowest BCUT2D eigenvalue weighted by atomic mass is 9.69. The fourth-order valence-electron chi connectivity index (χ4n) is 6.27. The first-order valence-corrected chi connectivity index (χ1v) is 14.3. The third kappa shape index (κ3) is 6.65. The van der Waals surface area contributed by atoms with Crippen LogP contribution < -0.4 is 17.2 Å². The molecule has 0 saturated heterocycles. The molecule has 1 spiro atoms. The van der Waals surface area contributed by atoms with Gasteiger partial charge in [-0.3, -0.25) is 20.0 Å². The number of aliphatic imine (C=N–C) groups is 1. The molecule has 5 rings (SSSR count). The van der Waals surface area contributed by atoms with E-state index in [1.807, 2.05) is 36.4 Å². The molecule has 2 aromatic rings. The molecular formula is C32H45ClN6O2. The number of carbonyl (C=O) groups excluding carboxylic acids is 2. The minimum absolute atomic E-state index is 0. The molecule has 2 fully saturated rings. The van der Waals surface area contributed by atoms with Crippen molar-refractivity contribution in [3.8, 4) is 0 Å². The van der Waals surface area contributed by atoms with Gasteiger partial charge in [-0.15, -0.1) is 0 Å². The van der Waals surface area contributed by atoms with Gasteiger partial charge in [0.15, 0.2) is 0 Å². The van der Waals surface area contributed by atoms with E-state index in [1.165, 1.54) is 0 Å². The van der Waals surface area contributed by atoms with Gasteiger partial charge in [0.05, 0.1) is 12.6 Å². The molecule has 222 valence electrons. The lowest BCUT2D eigenvalue weighted by Gasteiger charge is -2.47. The molecule has 8 nitrogen and oxygen atoms in total. The monoisotopic (exact) mass is 580 g/mol. The summed E-state index contributed by atoms with van der Waals surface area (Å²) in [5.41, 5.74) is 7.79. The molecule has 0 aromatic heterocycles. The van der Waals surface area contributed by atoms with E-state index in [4.69, 9.17) is 27.7 Å². The summed E-state index contributed by atoms with van der Waals surface area (Å²) in [6.07, 6.45) is 5.82. The highest BCUT2D eigenvalue weighted by Gasteiger charge is 2.55. The van der Waals surface area contributed by atoms with Crippen LogP contribution in [0, 0.1) is 22.7 Å². The maximum absolute atomic E-state index is 14.3. The topological polar surface area (TPSA) is 147 Å². The van der Waals surface area contributed by atoms with Crippen LogP contribution in [0.4, 0.5) is 0 Å². The molecule has 0 unspecified atom stereocenters. The van der Waals surface area contributed by atoms with Gasteiger partial charge < -0.3 is 22.1 Å². The summed E-state index contributed by atoms with van der Waals surface area (Å²) in [5, 5.41) is 10.6. The van der Waals surface area contributed by atoms with Gasteiger partial charge in [0.2, 0.25) is 0 Å². The van der Waals surface area contributed by atoms with Crippen LogP contribution in [0.2, 0.25) is 5.02 Å². The summed E-state index contributed by atoms with van der Waals surface area (Å²) in [5.74, 6) is 0.533. The lowest BCUT2D eigenvalue weighted by molar-refractivity contribution is -0.134. The highest BCUT2D eigenvalue weighted by atomic mass is 35.5. The zero-order valence-electron chi connectivity index (χ0n) is 23.7. The van der Waals surface area contributed by atoms with Crippen molar-refractivity contribution in [2.24, 2.45) is 28.0 Å². The van der Waals surface area contributed by atoms with E-state index in [1.54, 1.807) is 12.1 Å². The predicted molar refractivity (Wildman–Crippen MR) is 167 cm³/mol. The Bertz CT molecular complexity index is 1300. The van der Waals surface area contributed by atoms with Crippen molar-refractivity contribution in [3.63, 3.8) is 0 Å². The molecule has 0 bridgehead atoms. The molecule has 1 heterocycles.